The van der Waals surface area contributed by atoms with Gasteiger partial charge in [0.1, 0.15) is 12.4 Å². The van der Waals surface area contributed by atoms with Crippen LogP contribution < -0.4 is 5.32 Å². The van der Waals surface area contributed by atoms with Gasteiger partial charge in [-0.1, -0.05) is 19.1 Å². The zero-order valence-corrected chi connectivity index (χ0v) is 13.0. The number of allylic oxidation sites excluding steroid dienone is 2. The van der Waals surface area contributed by atoms with Crippen molar-refractivity contribution in [2.45, 2.75) is 25.8 Å². The van der Waals surface area contributed by atoms with Crippen molar-refractivity contribution in [3.05, 3.63) is 57.5 Å². The summed E-state index contributed by atoms with van der Waals surface area (Å²) in [7, 11) is 0. The molecule has 0 saturated carbocycles. The first-order valence-electron chi connectivity index (χ1n) is 7.72. The molecule has 0 unspecified atom stereocenters. The standard InChI is InChI=1S/C16H15N5O3/c1-9-6-11-14(13(22)7-9)15(20-16(19-11)17-8-18-20)10-4-2-3-5-12(10)21(23)24/h2-5,8-9,15H,6-7H2,1H3,(H,17,18,19)/t9-,15-/m0/s1. The fraction of sp³-hybridized carbons (Fsp3) is 0.312. The molecule has 1 aromatic heterocycles. The van der Waals surface area contributed by atoms with Crippen LogP contribution in [0.2, 0.25) is 0 Å². The van der Waals surface area contributed by atoms with Crippen molar-refractivity contribution in [2.75, 3.05) is 5.32 Å². The average Bonchev–Trinajstić information content (AvgIpc) is 3.00. The van der Waals surface area contributed by atoms with Crippen LogP contribution in [0.5, 0.6) is 0 Å². The van der Waals surface area contributed by atoms with Crippen molar-refractivity contribution in [1.82, 2.24) is 14.8 Å². The predicted molar refractivity (Wildman–Crippen MR) is 85.3 cm³/mol. The summed E-state index contributed by atoms with van der Waals surface area (Å²) in [4.78, 5) is 27.9. The molecular weight excluding hydrogens is 310 g/mol. The normalized spacial score (nSPS) is 22.6. The molecule has 0 spiro atoms. The molecule has 2 atom stereocenters. The summed E-state index contributed by atoms with van der Waals surface area (Å²) in [6, 6.07) is 5.85. The Morgan fingerprint density at radius 1 is 1.33 bits per heavy atom. The van der Waals surface area contributed by atoms with Gasteiger partial charge in [-0.2, -0.15) is 10.1 Å². The lowest BCUT2D eigenvalue weighted by molar-refractivity contribution is -0.385. The summed E-state index contributed by atoms with van der Waals surface area (Å²) in [5, 5.41) is 18.8. The van der Waals surface area contributed by atoms with E-state index in [-0.39, 0.29) is 17.4 Å². The number of aromatic nitrogens is 3. The Balaban J connectivity index is 1.96. The smallest absolute Gasteiger partial charge is 0.275 e. The number of fused-ring (bicyclic) bond motifs is 1. The van der Waals surface area contributed by atoms with Crippen molar-refractivity contribution < 1.29 is 9.72 Å². The van der Waals surface area contributed by atoms with Gasteiger partial charge in [0.15, 0.2) is 5.78 Å². The van der Waals surface area contributed by atoms with Crippen LogP contribution in [-0.2, 0) is 4.79 Å². The van der Waals surface area contributed by atoms with E-state index in [0.717, 1.165) is 5.70 Å². The lowest BCUT2D eigenvalue weighted by atomic mass is 9.81. The molecule has 1 aliphatic heterocycles. The zero-order valence-electron chi connectivity index (χ0n) is 13.0. The molecule has 0 radical (unpaired) electrons. The molecule has 0 amide bonds. The summed E-state index contributed by atoms with van der Waals surface area (Å²) in [6.07, 6.45) is 2.53. The number of ketones is 1. The summed E-state index contributed by atoms with van der Waals surface area (Å²) < 4.78 is 1.55. The minimum atomic E-state index is -0.625. The van der Waals surface area contributed by atoms with Gasteiger partial charge in [-0.05, 0) is 18.4 Å². The number of carbonyl (C=O) groups is 1. The minimum Gasteiger partial charge on any atom is -0.328 e. The Morgan fingerprint density at radius 3 is 2.92 bits per heavy atom. The van der Waals surface area contributed by atoms with E-state index in [1.807, 2.05) is 6.92 Å². The molecule has 2 aromatic rings. The van der Waals surface area contributed by atoms with Gasteiger partial charge >= 0.3 is 0 Å². The second-order valence-electron chi connectivity index (χ2n) is 6.20. The number of nitrogens with one attached hydrogen (secondary N) is 1. The van der Waals surface area contributed by atoms with E-state index in [1.165, 1.54) is 12.4 Å². The number of nitrogens with zero attached hydrogens (tertiary/aromatic N) is 4. The summed E-state index contributed by atoms with van der Waals surface area (Å²) in [5.41, 5.74) is 1.78. The van der Waals surface area contributed by atoms with Crippen LogP contribution in [-0.4, -0.2) is 25.5 Å². The van der Waals surface area contributed by atoms with E-state index < -0.39 is 11.0 Å². The van der Waals surface area contributed by atoms with Crippen molar-refractivity contribution in [2.24, 2.45) is 5.92 Å². The number of anilines is 1. The SMILES string of the molecule is C[C@@H]1CC(=O)C2=C(C1)Nc1ncnn1[C@H]2c1ccccc1[N+](=O)[O-]. The zero-order chi connectivity index (χ0) is 16.8. The topological polar surface area (TPSA) is 103 Å². The van der Waals surface area contributed by atoms with Crippen molar-refractivity contribution >= 4 is 17.4 Å². The number of carbonyl (C=O) groups excluding carboxylic acids is 1. The number of nitro groups is 1. The number of benzene rings is 1. The van der Waals surface area contributed by atoms with Gasteiger partial charge in [0, 0.05) is 23.8 Å². The van der Waals surface area contributed by atoms with Gasteiger partial charge in [-0.15, -0.1) is 0 Å². The Hall–Kier alpha value is -3.03. The fourth-order valence-corrected chi connectivity index (χ4v) is 3.52. The monoisotopic (exact) mass is 325 g/mol. The molecule has 2 heterocycles. The molecular formula is C16H15N5O3. The fourth-order valence-electron chi connectivity index (χ4n) is 3.52. The highest BCUT2D eigenvalue weighted by Gasteiger charge is 2.40. The van der Waals surface area contributed by atoms with Crippen LogP contribution in [0.4, 0.5) is 11.6 Å². The van der Waals surface area contributed by atoms with Crippen LogP contribution >= 0.6 is 0 Å². The van der Waals surface area contributed by atoms with Crippen LogP contribution in [0.3, 0.4) is 0 Å². The van der Waals surface area contributed by atoms with Gasteiger partial charge in [0.05, 0.1) is 10.5 Å². The Kier molecular flexibility index (Phi) is 3.19. The van der Waals surface area contributed by atoms with Crippen molar-refractivity contribution in [3.63, 3.8) is 0 Å². The number of hydrogen-bond donors (Lipinski definition) is 1. The highest BCUT2D eigenvalue weighted by molar-refractivity contribution is 5.99. The van der Waals surface area contributed by atoms with E-state index >= 15 is 0 Å². The lowest BCUT2D eigenvalue weighted by Gasteiger charge is -2.33. The van der Waals surface area contributed by atoms with Crippen LogP contribution in [0, 0.1) is 16.0 Å². The van der Waals surface area contributed by atoms with Gasteiger partial charge in [0.2, 0.25) is 5.95 Å². The first kappa shape index (κ1) is 14.6. The van der Waals surface area contributed by atoms with Gasteiger partial charge in [-0.3, -0.25) is 14.9 Å². The number of rotatable bonds is 2. The molecule has 8 nitrogen and oxygen atoms in total. The number of para-hydroxylation sites is 1. The lowest BCUT2D eigenvalue weighted by Crippen LogP contribution is -2.33. The van der Waals surface area contributed by atoms with Crippen molar-refractivity contribution in [3.8, 4) is 0 Å². The predicted octanol–water partition coefficient (Wildman–Crippen LogP) is 2.45. The van der Waals surface area contributed by atoms with Gasteiger partial charge in [-0.25, -0.2) is 4.68 Å². The van der Waals surface area contributed by atoms with Crippen LogP contribution in [0.15, 0.2) is 41.9 Å². The third-order valence-corrected chi connectivity index (χ3v) is 4.49. The maximum atomic E-state index is 12.7. The maximum Gasteiger partial charge on any atom is 0.275 e. The van der Waals surface area contributed by atoms with Gasteiger partial charge < -0.3 is 5.32 Å². The number of Topliss-reactive ketones (excluding diaryl/α,β-unsaturated/α-hetero) is 1. The van der Waals surface area contributed by atoms with E-state index in [4.69, 9.17) is 0 Å². The van der Waals surface area contributed by atoms with Gasteiger partial charge in [0.25, 0.3) is 5.69 Å². The van der Waals surface area contributed by atoms with Crippen molar-refractivity contribution in [1.29, 1.82) is 0 Å². The van der Waals surface area contributed by atoms with E-state index in [1.54, 1.807) is 22.9 Å². The molecule has 0 fully saturated rings. The first-order chi connectivity index (χ1) is 11.6. The molecule has 0 bridgehead atoms. The quantitative estimate of drug-likeness (QED) is 0.672. The molecule has 4 rings (SSSR count). The average molecular weight is 325 g/mol. The first-order valence-corrected chi connectivity index (χ1v) is 7.72. The van der Waals surface area contributed by atoms with E-state index in [2.05, 4.69) is 15.4 Å². The Morgan fingerprint density at radius 2 is 2.12 bits per heavy atom. The molecule has 2 aliphatic rings. The molecule has 1 aromatic carbocycles. The number of nitro benzene ring substituents is 1. The summed E-state index contributed by atoms with van der Waals surface area (Å²) >= 11 is 0. The molecule has 0 saturated heterocycles. The second-order valence-corrected chi connectivity index (χ2v) is 6.20. The second kappa shape index (κ2) is 5.26. The molecule has 1 N–H and O–H groups in total. The third-order valence-electron chi connectivity index (χ3n) is 4.49. The Bertz CT molecular complexity index is 885. The number of hydrogen-bond acceptors (Lipinski definition) is 6. The van der Waals surface area contributed by atoms with E-state index in [9.17, 15) is 14.9 Å². The highest BCUT2D eigenvalue weighted by Crippen LogP contribution is 2.43. The molecule has 24 heavy (non-hydrogen) atoms. The Labute approximate surface area is 137 Å². The maximum absolute atomic E-state index is 12.7. The minimum absolute atomic E-state index is 0.000510. The third kappa shape index (κ3) is 2.10. The van der Waals surface area contributed by atoms with Crippen LogP contribution in [0.25, 0.3) is 0 Å². The largest absolute Gasteiger partial charge is 0.328 e. The molecule has 8 heteroatoms. The molecule has 122 valence electrons. The summed E-state index contributed by atoms with van der Waals surface area (Å²) in [5.74, 6) is 0.726. The van der Waals surface area contributed by atoms with Crippen LogP contribution in [0.1, 0.15) is 31.4 Å². The highest BCUT2D eigenvalue weighted by atomic mass is 16.6. The summed E-state index contributed by atoms with van der Waals surface area (Å²) in [6.45, 7) is 2.02. The molecule has 1 aliphatic carbocycles. The van der Waals surface area contributed by atoms with E-state index in [0.29, 0.717) is 29.9 Å².